The van der Waals surface area contributed by atoms with Crippen molar-refractivity contribution in [2.45, 2.75) is 45.6 Å². The maximum Gasteiger partial charge on any atom is 0.0651 e. The Labute approximate surface area is 103 Å². The molecule has 3 nitrogen and oxygen atoms in total. The molecular weight excluding hydrogens is 210 g/mol. The number of nitrogens with zero attached hydrogens (tertiary/aromatic N) is 1. The topological polar surface area (TPSA) is 40.7 Å². The molecule has 3 heteroatoms. The van der Waals surface area contributed by atoms with Crippen LogP contribution in [0.25, 0.3) is 10.9 Å². The fourth-order valence-corrected chi connectivity index (χ4v) is 2.09. The number of nitrogens with one attached hydrogen (secondary N) is 2. The highest BCUT2D eigenvalue weighted by Gasteiger charge is 2.03. The number of fused-ring (bicyclic) bond motifs is 1. The summed E-state index contributed by atoms with van der Waals surface area (Å²) in [6, 6.07) is 6.86. The van der Waals surface area contributed by atoms with Crippen molar-refractivity contribution in [3.8, 4) is 0 Å². The zero-order valence-electron chi connectivity index (χ0n) is 10.7. The number of rotatable bonds is 6. The first kappa shape index (κ1) is 12.0. The monoisotopic (exact) mass is 231 g/mol. The number of aromatic amines is 1. The van der Waals surface area contributed by atoms with Crippen molar-refractivity contribution in [2.24, 2.45) is 0 Å². The van der Waals surface area contributed by atoms with Crippen molar-refractivity contribution in [2.75, 3.05) is 5.32 Å². The zero-order chi connectivity index (χ0) is 12.1. The van der Waals surface area contributed by atoms with Crippen molar-refractivity contribution in [3.63, 3.8) is 0 Å². The standard InChI is InChI=1S/C14H21N3/c1-3-4-5-6-11(2)16-13-7-8-14-12(9-13)10-15-17-14/h7-11,16H,3-6H2,1-2H3,(H,15,17). The van der Waals surface area contributed by atoms with Gasteiger partial charge in [0.1, 0.15) is 0 Å². The minimum atomic E-state index is 0.533. The molecule has 92 valence electrons. The Hall–Kier alpha value is -1.51. The van der Waals surface area contributed by atoms with E-state index in [0.29, 0.717) is 6.04 Å². The molecule has 0 aliphatic rings. The molecule has 1 heterocycles. The first-order chi connectivity index (χ1) is 8.29. The normalized spacial score (nSPS) is 12.8. The summed E-state index contributed by atoms with van der Waals surface area (Å²) in [4.78, 5) is 0. The molecule has 0 aliphatic heterocycles. The van der Waals surface area contributed by atoms with Crippen molar-refractivity contribution in [1.29, 1.82) is 0 Å². The van der Waals surface area contributed by atoms with Gasteiger partial charge in [0.15, 0.2) is 0 Å². The summed E-state index contributed by atoms with van der Waals surface area (Å²) in [5, 5.41) is 11.7. The molecule has 1 atom stereocenters. The van der Waals surface area contributed by atoms with Gasteiger partial charge in [-0.1, -0.05) is 26.2 Å². The van der Waals surface area contributed by atoms with Crippen molar-refractivity contribution in [1.82, 2.24) is 10.2 Å². The highest BCUT2D eigenvalue weighted by Crippen LogP contribution is 2.18. The molecule has 0 amide bonds. The van der Waals surface area contributed by atoms with Gasteiger partial charge in [-0.3, -0.25) is 5.10 Å². The predicted octanol–water partition coefficient (Wildman–Crippen LogP) is 3.94. The van der Waals surface area contributed by atoms with Crippen LogP contribution in [0.2, 0.25) is 0 Å². The van der Waals surface area contributed by atoms with Crippen LogP contribution in [0, 0.1) is 0 Å². The summed E-state index contributed by atoms with van der Waals surface area (Å²) in [6.45, 7) is 4.49. The highest BCUT2D eigenvalue weighted by molar-refractivity contribution is 5.81. The molecule has 17 heavy (non-hydrogen) atoms. The van der Waals surface area contributed by atoms with Crippen LogP contribution < -0.4 is 5.32 Å². The van der Waals surface area contributed by atoms with Gasteiger partial charge in [-0.15, -0.1) is 0 Å². The second kappa shape index (κ2) is 5.71. The third-order valence-corrected chi connectivity index (χ3v) is 3.09. The second-order valence-electron chi connectivity index (χ2n) is 4.71. The minimum Gasteiger partial charge on any atom is -0.383 e. The first-order valence-electron chi connectivity index (χ1n) is 6.49. The molecular formula is C14H21N3. The fraction of sp³-hybridized carbons (Fsp3) is 0.500. The summed E-state index contributed by atoms with van der Waals surface area (Å²) >= 11 is 0. The molecule has 0 radical (unpaired) electrons. The maximum absolute atomic E-state index is 4.03. The van der Waals surface area contributed by atoms with E-state index in [4.69, 9.17) is 0 Å². The van der Waals surface area contributed by atoms with Gasteiger partial charge in [-0.25, -0.2) is 0 Å². The third kappa shape index (κ3) is 3.22. The summed E-state index contributed by atoms with van der Waals surface area (Å²) in [5.41, 5.74) is 2.28. The molecule has 2 aromatic rings. The lowest BCUT2D eigenvalue weighted by Gasteiger charge is -2.15. The zero-order valence-corrected chi connectivity index (χ0v) is 10.7. The van der Waals surface area contributed by atoms with E-state index in [0.717, 1.165) is 10.9 Å². The Morgan fingerprint density at radius 2 is 2.24 bits per heavy atom. The van der Waals surface area contributed by atoms with Crippen molar-refractivity contribution < 1.29 is 0 Å². The van der Waals surface area contributed by atoms with Crippen LogP contribution >= 0.6 is 0 Å². The Morgan fingerprint density at radius 1 is 1.35 bits per heavy atom. The summed E-state index contributed by atoms with van der Waals surface area (Å²) in [6.07, 6.45) is 7.01. The minimum absolute atomic E-state index is 0.533. The molecule has 1 aromatic heterocycles. The maximum atomic E-state index is 4.03. The molecule has 2 N–H and O–H groups in total. The van der Waals surface area contributed by atoms with Gasteiger partial charge < -0.3 is 5.32 Å². The number of unbranched alkanes of at least 4 members (excludes halogenated alkanes) is 2. The SMILES string of the molecule is CCCCCC(C)Nc1ccc2[nH]ncc2c1. The van der Waals surface area contributed by atoms with Crippen LogP contribution in [-0.4, -0.2) is 16.2 Å². The van der Waals surface area contributed by atoms with Crippen LogP contribution in [0.1, 0.15) is 39.5 Å². The number of hydrogen-bond donors (Lipinski definition) is 2. The summed E-state index contributed by atoms with van der Waals surface area (Å²) < 4.78 is 0. The van der Waals surface area contributed by atoms with Gasteiger partial charge in [-0.2, -0.15) is 5.10 Å². The van der Waals surface area contributed by atoms with Crippen LogP contribution in [0.3, 0.4) is 0 Å². The highest BCUT2D eigenvalue weighted by atomic mass is 15.1. The summed E-state index contributed by atoms with van der Waals surface area (Å²) in [5.74, 6) is 0. The Balaban J connectivity index is 1.93. The molecule has 1 aromatic carbocycles. The Bertz CT molecular complexity index is 461. The van der Waals surface area contributed by atoms with E-state index in [1.807, 2.05) is 6.20 Å². The van der Waals surface area contributed by atoms with E-state index in [1.54, 1.807) is 0 Å². The van der Waals surface area contributed by atoms with Gasteiger partial charge in [-0.05, 0) is 31.5 Å². The first-order valence-corrected chi connectivity index (χ1v) is 6.49. The lowest BCUT2D eigenvalue weighted by molar-refractivity contribution is 0.615. The lowest BCUT2D eigenvalue weighted by atomic mass is 10.1. The van der Waals surface area contributed by atoms with E-state index >= 15 is 0 Å². The summed E-state index contributed by atoms with van der Waals surface area (Å²) in [7, 11) is 0. The molecule has 0 saturated carbocycles. The molecule has 0 saturated heterocycles. The van der Waals surface area contributed by atoms with Crippen molar-refractivity contribution in [3.05, 3.63) is 24.4 Å². The number of H-pyrrole nitrogens is 1. The smallest absolute Gasteiger partial charge is 0.0651 e. The number of hydrogen-bond acceptors (Lipinski definition) is 2. The van der Waals surface area contributed by atoms with Gasteiger partial charge in [0.25, 0.3) is 0 Å². The predicted molar refractivity (Wildman–Crippen MR) is 73.3 cm³/mol. The van der Waals surface area contributed by atoms with E-state index in [1.165, 1.54) is 31.4 Å². The van der Waals surface area contributed by atoms with Crippen molar-refractivity contribution >= 4 is 16.6 Å². The van der Waals surface area contributed by atoms with Crippen LogP contribution in [-0.2, 0) is 0 Å². The number of aromatic nitrogens is 2. The Kier molecular flexibility index (Phi) is 4.02. The average Bonchev–Trinajstić information content (AvgIpc) is 2.76. The van der Waals surface area contributed by atoms with E-state index in [2.05, 4.69) is 47.6 Å². The number of benzene rings is 1. The Morgan fingerprint density at radius 3 is 3.06 bits per heavy atom. The fourth-order valence-electron chi connectivity index (χ4n) is 2.09. The van der Waals surface area contributed by atoms with Gasteiger partial charge in [0.05, 0.1) is 11.7 Å². The third-order valence-electron chi connectivity index (χ3n) is 3.09. The second-order valence-corrected chi connectivity index (χ2v) is 4.71. The quantitative estimate of drug-likeness (QED) is 0.739. The van der Waals surface area contributed by atoms with Crippen LogP contribution in [0.5, 0.6) is 0 Å². The van der Waals surface area contributed by atoms with Gasteiger partial charge in [0.2, 0.25) is 0 Å². The lowest BCUT2D eigenvalue weighted by Crippen LogP contribution is -2.14. The largest absolute Gasteiger partial charge is 0.383 e. The molecule has 0 spiro atoms. The van der Waals surface area contributed by atoms with Gasteiger partial charge in [0, 0.05) is 17.1 Å². The average molecular weight is 231 g/mol. The molecule has 0 aliphatic carbocycles. The number of anilines is 1. The van der Waals surface area contributed by atoms with E-state index < -0.39 is 0 Å². The molecule has 0 fully saturated rings. The van der Waals surface area contributed by atoms with E-state index in [-0.39, 0.29) is 0 Å². The van der Waals surface area contributed by atoms with Crippen LogP contribution in [0.4, 0.5) is 5.69 Å². The molecule has 0 bridgehead atoms. The van der Waals surface area contributed by atoms with E-state index in [9.17, 15) is 0 Å². The molecule has 2 rings (SSSR count). The van der Waals surface area contributed by atoms with Crippen LogP contribution in [0.15, 0.2) is 24.4 Å². The molecule has 1 unspecified atom stereocenters. The van der Waals surface area contributed by atoms with Gasteiger partial charge >= 0.3 is 0 Å².